The van der Waals surface area contributed by atoms with Crippen molar-refractivity contribution < 1.29 is 9.47 Å². The average molecular weight is 200 g/mol. The van der Waals surface area contributed by atoms with Crippen LogP contribution in [0.5, 0.6) is 11.5 Å². The summed E-state index contributed by atoms with van der Waals surface area (Å²) in [7, 11) is 1.58. The van der Waals surface area contributed by atoms with Gasteiger partial charge < -0.3 is 15.2 Å². The van der Waals surface area contributed by atoms with Crippen molar-refractivity contribution in [1.29, 1.82) is 0 Å². The van der Waals surface area contributed by atoms with Crippen LogP contribution in [0.25, 0.3) is 0 Å². The van der Waals surface area contributed by atoms with Gasteiger partial charge in [-0.05, 0) is 12.1 Å². The van der Waals surface area contributed by atoms with Crippen molar-refractivity contribution in [2.24, 2.45) is 5.73 Å². The van der Waals surface area contributed by atoms with Gasteiger partial charge >= 0.3 is 0 Å². The number of rotatable bonds is 1. The normalized spacial score (nSPS) is 19.5. The van der Waals surface area contributed by atoms with E-state index in [1.807, 2.05) is 6.07 Å². The van der Waals surface area contributed by atoms with Gasteiger partial charge in [-0.15, -0.1) is 0 Å². The van der Waals surface area contributed by atoms with E-state index in [4.69, 9.17) is 26.8 Å². The van der Waals surface area contributed by atoms with E-state index in [9.17, 15) is 0 Å². The van der Waals surface area contributed by atoms with Gasteiger partial charge in [-0.1, -0.05) is 11.6 Å². The molecule has 1 aliphatic rings. The van der Waals surface area contributed by atoms with Crippen LogP contribution in [0.1, 0.15) is 11.6 Å². The summed E-state index contributed by atoms with van der Waals surface area (Å²) in [5.41, 5.74) is 6.70. The first-order valence-electron chi connectivity index (χ1n) is 3.99. The van der Waals surface area contributed by atoms with E-state index in [0.29, 0.717) is 17.4 Å². The maximum atomic E-state index is 5.94. The van der Waals surface area contributed by atoms with Crippen LogP contribution in [0.15, 0.2) is 12.1 Å². The summed E-state index contributed by atoms with van der Waals surface area (Å²) in [6.07, 6.45) is 0. The summed E-state index contributed by atoms with van der Waals surface area (Å²) in [6.45, 7) is 0.492. The second-order valence-corrected chi connectivity index (χ2v) is 3.32. The number of hydrogen-bond acceptors (Lipinski definition) is 3. The maximum absolute atomic E-state index is 5.94. The van der Waals surface area contributed by atoms with Gasteiger partial charge in [0, 0.05) is 0 Å². The second-order valence-electron chi connectivity index (χ2n) is 2.91. The highest BCUT2D eigenvalue weighted by molar-refractivity contribution is 6.32. The third-order valence-electron chi connectivity index (χ3n) is 2.10. The van der Waals surface area contributed by atoms with Crippen molar-refractivity contribution in [2.75, 3.05) is 13.7 Å². The molecule has 0 spiro atoms. The van der Waals surface area contributed by atoms with E-state index in [1.165, 1.54) is 0 Å². The largest absolute Gasteiger partial charge is 0.495 e. The molecule has 1 aliphatic heterocycles. The van der Waals surface area contributed by atoms with Gasteiger partial charge in [-0.25, -0.2) is 0 Å². The zero-order valence-corrected chi connectivity index (χ0v) is 7.97. The number of halogens is 1. The second kappa shape index (κ2) is 3.09. The van der Waals surface area contributed by atoms with Crippen molar-refractivity contribution in [1.82, 2.24) is 0 Å². The summed E-state index contributed by atoms with van der Waals surface area (Å²) in [4.78, 5) is 0. The zero-order valence-electron chi connectivity index (χ0n) is 7.21. The lowest BCUT2D eigenvalue weighted by atomic mass is 10.1. The minimum Gasteiger partial charge on any atom is -0.495 e. The average Bonchev–Trinajstić information content (AvgIpc) is 2.49. The topological polar surface area (TPSA) is 44.5 Å². The first-order valence-corrected chi connectivity index (χ1v) is 4.36. The van der Waals surface area contributed by atoms with Crippen LogP contribution in [0.2, 0.25) is 5.02 Å². The highest BCUT2D eigenvalue weighted by Crippen LogP contribution is 2.42. The van der Waals surface area contributed by atoms with Crippen LogP contribution < -0.4 is 15.2 Å². The monoisotopic (exact) mass is 199 g/mol. The van der Waals surface area contributed by atoms with Gasteiger partial charge in [0.15, 0.2) is 0 Å². The van der Waals surface area contributed by atoms with E-state index < -0.39 is 0 Å². The molecule has 70 valence electrons. The van der Waals surface area contributed by atoms with Gasteiger partial charge in [0.1, 0.15) is 18.1 Å². The molecule has 1 aromatic rings. The van der Waals surface area contributed by atoms with Crippen molar-refractivity contribution in [3.63, 3.8) is 0 Å². The molecular formula is C9H10ClNO2. The fraction of sp³-hybridized carbons (Fsp3) is 0.333. The summed E-state index contributed by atoms with van der Waals surface area (Å²) in [6, 6.07) is 3.42. The molecule has 2 rings (SSSR count). The predicted molar refractivity (Wildman–Crippen MR) is 50.4 cm³/mol. The van der Waals surface area contributed by atoms with Gasteiger partial charge in [-0.2, -0.15) is 0 Å². The third kappa shape index (κ3) is 1.24. The van der Waals surface area contributed by atoms with Crippen LogP contribution in [0, 0.1) is 0 Å². The van der Waals surface area contributed by atoms with Crippen molar-refractivity contribution in [2.45, 2.75) is 6.04 Å². The molecule has 4 heteroatoms. The summed E-state index contributed by atoms with van der Waals surface area (Å²) >= 11 is 5.94. The molecule has 1 atom stereocenters. The molecule has 1 unspecified atom stereocenters. The van der Waals surface area contributed by atoms with Crippen LogP contribution >= 0.6 is 11.6 Å². The molecule has 0 aromatic heterocycles. The first-order chi connectivity index (χ1) is 6.24. The molecule has 1 aromatic carbocycles. The Bertz CT molecular complexity index is 341. The SMILES string of the molecule is COc1c(Cl)ccc2c1C(N)CO2. The Labute approximate surface area is 81.4 Å². The van der Waals surface area contributed by atoms with Crippen molar-refractivity contribution in [3.8, 4) is 11.5 Å². The number of methoxy groups -OCH3 is 1. The van der Waals surface area contributed by atoms with Crippen LogP contribution in [0.3, 0.4) is 0 Å². The Balaban J connectivity index is 2.60. The molecule has 3 nitrogen and oxygen atoms in total. The molecule has 0 aliphatic carbocycles. The molecule has 0 saturated carbocycles. The van der Waals surface area contributed by atoms with Gasteiger partial charge in [0.05, 0.1) is 23.7 Å². The molecule has 0 bridgehead atoms. The summed E-state index contributed by atoms with van der Waals surface area (Å²) in [5.74, 6) is 1.40. The minimum absolute atomic E-state index is 0.136. The lowest BCUT2D eigenvalue weighted by molar-refractivity contribution is 0.333. The Kier molecular flexibility index (Phi) is 2.06. The fourth-order valence-electron chi connectivity index (χ4n) is 1.50. The first kappa shape index (κ1) is 8.66. The summed E-state index contributed by atoms with van der Waals surface area (Å²) < 4.78 is 10.5. The lowest BCUT2D eigenvalue weighted by Crippen LogP contribution is -2.11. The van der Waals surface area contributed by atoms with E-state index in [2.05, 4.69) is 0 Å². The van der Waals surface area contributed by atoms with Crippen LogP contribution in [-0.4, -0.2) is 13.7 Å². The number of fused-ring (bicyclic) bond motifs is 1. The highest BCUT2D eigenvalue weighted by Gasteiger charge is 2.26. The van der Waals surface area contributed by atoms with Gasteiger partial charge in [-0.3, -0.25) is 0 Å². The quantitative estimate of drug-likeness (QED) is 0.750. The molecule has 0 saturated heterocycles. The lowest BCUT2D eigenvalue weighted by Gasteiger charge is -2.09. The molecule has 2 N–H and O–H groups in total. The Morgan fingerprint density at radius 2 is 2.38 bits per heavy atom. The number of benzene rings is 1. The van der Waals surface area contributed by atoms with E-state index in [0.717, 1.165) is 11.3 Å². The molecule has 0 fully saturated rings. The van der Waals surface area contributed by atoms with Gasteiger partial charge in [0.25, 0.3) is 0 Å². The molecule has 1 heterocycles. The molecule has 0 amide bonds. The predicted octanol–water partition coefficient (Wildman–Crippen LogP) is 1.74. The third-order valence-corrected chi connectivity index (χ3v) is 2.40. The fourth-order valence-corrected chi connectivity index (χ4v) is 1.74. The van der Waals surface area contributed by atoms with Gasteiger partial charge in [0.2, 0.25) is 0 Å². The molecule has 13 heavy (non-hydrogen) atoms. The Morgan fingerprint density at radius 3 is 3.08 bits per heavy atom. The summed E-state index contributed by atoms with van der Waals surface area (Å²) in [5, 5.41) is 0.571. The molecular weight excluding hydrogens is 190 g/mol. The highest BCUT2D eigenvalue weighted by atomic mass is 35.5. The van der Waals surface area contributed by atoms with E-state index in [1.54, 1.807) is 13.2 Å². The number of ether oxygens (including phenoxy) is 2. The Morgan fingerprint density at radius 1 is 1.62 bits per heavy atom. The maximum Gasteiger partial charge on any atom is 0.146 e. The van der Waals surface area contributed by atoms with Crippen molar-refractivity contribution >= 4 is 11.6 Å². The number of hydrogen-bond donors (Lipinski definition) is 1. The van der Waals surface area contributed by atoms with E-state index in [-0.39, 0.29) is 6.04 Å². The zero-order chi connectivity index (χ0) is 9.42. The number of nitrogens with two attached hydrogens (primary N) is 1. The Hall–Kier alpha value is -0.930. The van der Waals surface area contributed by atoms with Crippen LogP contribution in [0.4, 0.5) is 0 Å². The molecule has 0 radical (unpaired) electrons. The smallest absolute Gasteiger partial charge is 0.146 e. The minimum atomic E-state index is -0.136. The standard InChI is InChI=1S/C9H10ClNO2/c1-12-9-5(10)2-3-7-8(9)6(11)4-13-7/h2-3,6H,4,11H2,1H3. The van der Waals surface area contributed by atoms with E-state index >= 15 is 0 Å². The van der Waals surface area contributed by atoms with Crippen LogP contribution in [-0.2, 0) is 0 Å². The van der Waals surface area contributed by atoms with Crippen molar-refractivity contribution in [3.05, 3.63) is 22.7 Å².